The standard InChI is InChI=1S/C17H20FN3O2S.2ClH/c1-9-15(24-17(20-9)10(2)23-3)16(22)21-13-5-4-11-8-19-7-6-12(11)14(13)18;;/h4-5,10,19H,6-8H2,1-3H3,(H,21,22);2*1H. The highest BCUT2D eigenvalue weighted by atomic mass is 35.5. The van der Waals surface area contributed by atoms with Crippen molar-refractivity contribution in [3.63, 3.8) is 0 Å². The predicted octanol–water partition coefficient (Wildman–Crippen LogP) is 4.04. The van der Waals surface area contributed by atoms with Crippen molar-refractivity contribution in [3.8, 4) is 0 Å². The SMILES string of the molecule is COC(C)c1nc(C)c(C(=O)Nc2ccc3c(c2F)CCNC3)s1.Cl.Cl. The fourth-order valence-electron chi connectivity index (χ4n) is 2.71. The Balaban J connectivity index is 0.00000169. The molecule has 0 radical (unpaired) electrons. The molecule has 26 heavy (non-hydrogen) atoms. The van der Waals surface area contributed by atoms with Crippen LogP contribution in [0.25, 0.3) is 0 Å². The number of fused-ring (bicyclic) bond motifs is 1. The smallest absolute Gasteiger partial charge is 0.267 e. The number of hydrogen-bond donors (Lipinski definition) is 2. The summed E-state index contributed by atoms with van der Waals surface area (Å²) in [5.74, 6) is -0.678. The lowest BCUT2D eigenvalue weighted by Gasteiger charge is -2.19. The number of nitrogens with one attached hydrogen (secondary N) is 2. The fourth-order valence-corrected chi connectivity index (χ4v) is 3.70. The van der Waals surface area contributed by atoms with Gasteiger partial charge in [-0.1, -0.05) is 6.07 Å². The first-order valence-corrected chi connectivity index (χ1v) is 8.65. The van der Waals surface area contributed by atoms with Crippen LogP contribution in [-0.4, -0.2) is 24.5 Å². The lowest BCUT2D eigenvalue weighted by molar-refractivity contribution is 0.102. The van der Waals surface area contributed by atoms with Crippen LogP contribution in [0.2, 0.25) is 0 Å². The van der Waals surface area contributed by atoms with E-state index in [0.717, 1.165) is 17.1 Å². The minimum Gasteiger partial charge on any atom is -0.375 e. The lowest BCUT2D eigenvalue weighted by Crippen LogP contribution is -2.25. The quantitative estimate of drug-likeness (QED) is 0.781. The van der Waals surface area contributed by atoms with E-state index in [1.54, 1.807) is 20.1 Å². The average molecular weight is 422 g/mol. The normalized spacial score (nSPS) is 13.8. The van der Waals surface area contributed by atoms with E-state index in [1.807, 2.05) is 13.0 Å². The van der Waals surface area contributed by atoms with E-state index in [2.05, 4.69) is 15.6 Å². The second-order valence-electron chi connectivity index (χ2n) is 5.79. The number of anilines is 1. The van der Waals surface area contributed by atoms with Gasteiger partial charge in [-0.15, -0.1) is 36.2 Å². The number of carbonyl (C=O) groups excluding carboxylic acids is 1. The number of rotatable bonds is 4. The third-order valence-corrected chi connectivity index (χ3v) is 5.49. The molecule has 1 atom stereocenters. The van der Waals surface area contributed by atoms with E-state index in [1.165, 1.54) is 11.3 Å². The average Bonchev–Trinajstić information content (AvgIpc) is 2.99. The van der Waals surface area contributed by atoms with Gasteiger partial charge in [-0.25, -0.2) is 9.37 Å². The molecule has 1 amide bonds. The highest BCUT2D eigenvalue weighted by Gasteiger charge is 2.21. The summed E-state index contributed by atoms with van der Waals surface area (Å²) in [7, 11) is 1.60. The topological polar surface area (TPSA) is 63.2 Å². The Hall–Kier alpha value is -1.25. The first kappa shape index (κ1) is 22.8. The zero-order valence-corrected chi connectivity index (χ0v) is 17.2. The molecule has 3 rings (SSSR count). The highest BCUT2D eigenvalue weighted by molar-refractivity contribution is 7.14. The molecule has 1 aliphatic rings. The molecule has 0 bridgehead atoms. The molecule has 1 unspecified atom stereocenters. The zero-order valence-electron chi connectivity index (χ0n) is 14.7. The molecule has 9 heteroatoms. The number of methoxy groups -OCH3 is 1. The number of amides is 1. The van der Waals surface area contributed by atoms with Gasteiger partial charge in [-0.2, -0.15) is 0 Å². The molecule has 1 aliphatic heterocycles. The van der Waals surface area contributed by atoms with E-state index >= 15 is 0 Å². The van der Waals surface area contributed by atoms with E-state index in [-0.39, 0.29) is 48.3 Å². The molecule has 1 aromatic heterocycles. The van der Waals surface area contributed by atoms with Crippen LogP contribution in [0.1, 0.15) is 44.5 Å². The summed E-state index contributed by atoms with van der Waals surface area (Å²) >= 11 is 1.27. The third kappa shape index (κ3) is 4.53. The second-order valence-corrected chi connectivity index (χ2v) is 6.82. The van der Waals surface area contributed by atoms with Gasteiger partial charge in [0.25, 0.3) is 5.91 Å². The molecule has 0 saturated carbocycles. The van der Waals surface area contributed by atoms with Crippen molar-refractivity contribution in [2.24, 2.45) is 0 Å². The number of aryl methyl sites for hydroxylation is 1. The van der Waals surface area contributed by atoms with Gasteiger partial charge in [0.05, 0.1) is 11.4 Å². The number of hydrogen-bond acceptors (Lipinski definition) is 5. The fraction of sp³-hybridized carbons (Fsp3) is 0.412. The number of ether oxygens (including phenoxy) is 1. The van der Waals surface area contributed by atoms with Crippen LogP contribution < -0.4 is 10.6 Å². The highest BCUT2D eigenvalue weighted by Crippen LogP contribution is 2.28. The van der Waals surface area contributed by atoms with Gasteiger partial charge in [-0.05, 0) is 44.0 Å². The molecule has 0 spiro atoms. The number of nitrogens with zero attached hydrogens (tertiary/aromatic N) is 1. The minimum atomic E-state index is -0.340. The molecule has 2 heterocycles. The molecule has 144 valence electrons. The van der Waals surface area contributed by atoms with Gasteiger partial charge in [0, 0.05) is 13.7 Å². The number of benzene rings is 1. The van der Waals surface area contributed by atoms with Crippen molar-refractivity contribution in [2.75, 3.05) is 19.0 Å². The van der Waals surface area contributed by atoms with Crippen molar-refractivity contribution in [1.82, 2.24) is 10.3 Å². The van der Waals surface area contributed by atoms with Crippen LogP contribution in [0.5, 0.6) is 0 Å². The van der Waals surface area contributed by atoms with Crippen molar-refractivity contribution in [1.29, 1.82) is 0 Å². The Bertz CT molecular complexity index is 786. The Morgan fingerprint density at radius 3 is 2.85 bits per heavy atom. The Kier molecular flexibility index (Phi) is 8.43. The summed E-state index contributed by atoms with van der Waals surface area (Å²) in [6, 6.07) is 3.48. The van der Waals surface area contributed by atoms with Gasteiger partial charge in [0.1, 0.15) is 21.8 Å². The van der Waals surface area contributed by atoms with E-state index in [9.17, 15) is 9.18 Å². The number of thiazole rings is 1. The summed E-state index contributed by atoms with van der Waals surface area (Å²) in [6.07, 6.45) is 0.447. The van der Waals surface area contributed by atoms with Gasteiger partial charge in [0.15, 0.2) is 0 Å². The molecule has 2 aromatic rings. The monoisotopic (exact) mass is 421 g/mol. The van der Waals surface area contributed by atoms with Gasteiger partial charge < -0.3 is 15.4 Å². The van der Waals surface area contributed by atoms with Crippen LogP contribution in [-0.2, 0) is 17.7 Å². The first-order chi connectivity index (χ1) is 11.5. The molecule has 1 aromatic carbocycles. The molecular weight excluding hydrogens is 400 g/mol. The van der Waals surface area contributed by atoms with Crippen molar-refractivity contribution in [2.45, 2.75) is 32.9 Å². The number of halogens is 3. The first-order valence-electron chi connectivity index (χ1n) is 7.83. The molecule has 0 fully saturated rings. The summed E-state index contributed by atoms with van der Waals surface area (Å²) < 4.78 is 19.9. The summed E-state index contributed by atoms with van der Waals surface area (Å²) in [5.41, 5.74) is 2.47. The van der Waals surface area contributed by atoms with Crippen LogP contribution >= 0.6 is 36.2 Å². The number of aromatic nitrogens is 1. The third-order valence-electron chi connectivity index (χ3n) is 4.18. The molecule has 0 saturated heterocycles. The van der Waals surface area contributed by atoms with Gasteiger partial charge in [0.2, 0.25) is 0 Å². The Morgan fingerprint density at radius 2 is 2.15 bits per heavy atom. The van der Waals surface area contributed by atoms with Gasteiger partial charge >= 0.3 is 0 Å². The van der Waals surface area contributed by atoms with Crippen LogP contribution in [0, 0.1) is 12.7 Å². The molecule has 5 nitrogen and oxygen atoms in total. The summed E-state index contributed by atoms with van der Waals surface area (Å²) in [6.45, 7) is 5.05. The maximum atomic E-state index is 14.6. The maximum Gasteiger partial charge on any atom is 0.267 e. The van der Waals surface area contributed by atoms with Gasteiger partial charge in [-0.3, -0.25) is 4.79 Å². The number of carbonyl (C=O) groups is 1. The Morgan fingerprint density at radius 1 is 1.42 bits per heavy atom. The largest absolute Gasteiger partial charge is 0.375 e. The Labute approximate surface area is 168 Å². The second kappa shape index (κ2) is 9.62. The minimum absolute atomic E-state index is 0. The lowest BCUT2D eigenvalue weighted by atomic mass is 9.99. The van der Waals surface area contributed by atoms with E-state index in [0.29, 0.717) is 29.1 Å². The van der Waals surface area contributed by atoms with Crippen LogP contribution in [0.15, 0.2) is 12.1 Å². The van der Waals surface area contributed by atoms with Crippen LogP contribution in [0.4, 0.5) is 10.1 Å². The maximum absolute atomic E-state index is 14.6. The molecular formula is C17H22Cl2FN3O2S. The van der Waals surface area contributed by atoms with E-state index in [4.69, 9.17) is 4.74 Å². The van der Waals surface area contributed by atoms with Crippen molar-refractivity contribution >= 4 is 47.7 Å². The van der Waals surface area contributed by atoms with Crippen molar-refractivity contribution < 1.29 is 13.9 Å². The zero-order chi connectivity index (χ0) is 17.3. The molecule has 0 aliphatic carbocycles. The van der Waals surface area contributed by atoms with Crippen molar-refractivity contribution in [3.05, 3.63) is 44.7 Å². The van der Waals surface area contributed by atoms with Crippen LogP contribution in [0.3, 0.4) is 0 Å². The predicted molar refractivity (Wildman–Crippen MR) is 107 cm³/mol. The summed E-state index contributed by atoms with van der Waals surface area (Å²) in [4.78, 5) is 17.4. The molecule has 2 N–H and O–H groups in total. The van der Waals surface area contributed by atoms with E-state index < -0.39 is 0 Å². The summed E-state index contributed by atoms with van der Waals surface area (Å²) in [5, 5.41) is 6.62.